The van der Waals surface area contributed by atoms with Crippen molar-refractivity contribution in [2.24, 2.45) is 0 Å². The van der Waals surface area contributed by atoms with Gasteiger partial charge in [0.15, 0.2) is 5.82 Å². The van der Waals surface area contributed by atoms with Crippen LogP contribution in [0.4, 0.5) is 0 Å². The van der Waals surface area contributed by atoms with Crippen LogP contribution >= 0.6 is 0 Å². The lowest BCUT2D eigenvalue weighted by atomic mass is 9.87. The molecule has 8 heteroatoms. The van der Waals surface area contributed by atoms with E-state index in [9.17, 15) is 8.42 Å². The summed E-state index contributed by atoms with van der Waals surface area (Å²) in [7, 11) is -3.48. The Kier molecular flexibility index (Phi) is 8.82. The Bertz CT molecular complexity index is 1230. The second-order valence-corrected chi connectivity index (χ2v) is 13.1. The average molecular weight is 524 g/mol. The Hall–Kier alpha value is -2.55. The molecule has 1 aromatic heterocycles. The highest BCUT2D eigenvalue weighted by atomic mass is 32.2. The number of rotatable bonds is 11. The lowest BCUT2D eigenvalue weighted by Gasteiger charge is -2.21. The van der Waals surface area contributed by atoms with E-state index >= 15 is 0 Å². The number of nitrogens with one attached hydrogen (secondary N) is 2. The van der Waals surface area contributed by atoms with Crippen molar-refractivity contribution in [1.29, 1.82) is 0 Å². The number of hydrogen-bond donors (Lipinski definition) is 2. The molecule has 1 unspecified atom stereocenters. The van der Waals surface area contributed by atoms with E-state index in [0.717, 1.165) is 30.6 Å². The minimum atomic E-state index is -3.48. The molecule has 2 heterocycles. The van der Waals surface area contributed by atoms with Crippen molar-refractivity contribution in [3.63, 3.8) is 0 Å². The third-order valence-electron chi connectivity index (χ3n) is 7.28. The van der Waals surface area contributed by atoms with E-state index in [1.54, 1.807) is 0 Å². The molecular weight excluding hydrogens is 482 g/mol. The molecular formula is C29H41N5O2S. The number of likely N-dealkylation sites (tertiary alicyclic amines) is 1. The molecule has 2 N–H and O–H groups in total. The molecule has 2 aromatic carbocycles. The number of aromatic nitrogens is 3. The SMILES string of the molecule is CC1CCCN1CCCS(=O)(=O)N[C@H](CCc1ccccc1)c1nc(-c2ccc(C(C)(C)C)cc2)n[nH]1. The molecule has 1 fully saturated rings. The van der Waals surface area contributed by atoms with Gasteiger partial charge in [-0.2, -0.15) is 5.10 Å². The Morgan fingerprint density at radius 1 is 1.11 bits per heavy atom. The summed E-state index contributed by atoms with van der Waals surface area (Å²) in [5.74, 6) is 1.22. The van der Waals surface area contributed by atoms with E-state index in [4.69, 9.17) is 4.98 Å². The fourth-order valence-corrected chi connectivity index (χ4v) is 6.23. The number of H-pyrrole nitrogens is 1. The van der Waals surface area contributed by atoms with Crippen LogP contribution in [-0.4, -0.2) is 53.4 Å². The average Bonchev–Trinajstić information content (AvgIpc) is 3.51. The predicted molar refractivity (Wildman–Crippen MR) is 150 cm³/mol. The maximum Gasteiger partial charge on any atom is 0.212 e. The van der Waals surface area contributed by atoms with Gasteiger partial charge in [0.1, 0.15) is 5.82 Å². The first-order valence-electron chi connectivity index (χ1n) is 13.4. The molecule has 1 aliphatic rings. The summed E-state index contributed by atoms with van der Waals surface area (Å²) >= 11 is 0. The van der Waals surface area contributed by atoms with E-state index in [-0.39, 0.29) is 11.2 Å². The second-order valence-electron chi connectivity index (χ2n) is 11.3. The molecule has 7 nitrogen and oxygen atoms in total. The van der Waals surface area contributed by atoms with Crippen LogP contribution in [-0.2, 0) is 21.9 Å². The fourth-order valence-electron chi connectivity index (χ4n) is 4.94. The molecule has 4 rings (SSSR count). The monoisotopic (exact) mass is 523 g/mol. The van der Waals surface area contributed by atoms with E-state index in [1.807, 2.05) is 30.3 Å². The van der Waals surface area contributed by atoms with Crippen LogP contribution in [0.5, 0.6) is 0 Å². The summed E-state index contributed by atoms with van der Waals surface area (Å²) in [6.07, 6.45) is 4.33. The summed E-state index contributed by atoms with van der Waals surface area (Å²) < 4.78 is 29.1. The zero-order valence-electron chi connectivity index (χ0n) is 22.6. The second kappa shape index (κ2) is 11.9. The summed E-state index contributed by atoms with van der Waals surface area (Å²) in [4.78, 5) is 7.11. The molecule has 0 spiro atoms. The van der Waals surface area contributed by atoms with Crippen molar-refractivity contribution >= 4 is 10.0 Å². The van der Waals surface area contributed by atoms with Crippen LogP contribution in [0.3, 0.4) is 0 Å². The first kappa shape index (κ1) is 27.5. The van der Waals surface area contributed by atoms with Crippen molar-refractivity contribution < 1.29 is 8.42 Å². The van der Waals surface area contributed by atoms with Crippen molar-refractivity contribution in [3.05, 3.63) is 71.5 Å². The maximum atomic E-state index is 13.1. The summed E-state index contributed by atoms with van der Waals surface area (Å²) in [6.45, 7) is 10.6. The minimum Gasteiger partial charge on any atom is -0.301 e. The summed E-state index contributed by atoms with van der Waals surface area (Å²) in [5, 5.41) is 7.45. The molecule has 0 bridgehead atoms. The lowest BCUT2D eigenvalue weighted by molar-refractivity contribution is 0.269. The molecule has 0 amide bonds. The van der Waals surface area contributed by atoms with Crippen LogP contribution in [0.1, 0.15) is 76.4 Å². The van der Waals surface area contributed by atoms with Crippen molar-refractivity contribution in [2.75, 3.05) is 18.8 Å². The Morgan fingerprint density at radius 3 is 2.49 bits per heavy atom. The Balaban J connectivity index is 1.47. The Labute approximate surface area is 222 Å². The molecule has 1 saturated heterocycles. The molecule has 0 saturated carbocycles. The summed E-state index contributed by atoms with van der Waals surface area (Å²) in [6, 6.07) is 18.4. The molecule has 0 aliphatic carbocycles. The molecule has 3 aromatic rings. The normalized spacial score (nSPS) is 17.8. The van der Waals surface area contributed by atoms with E-state index in [0.29, 0.717) is 30.5 Å². The number of aryl methyl sites for hydroxylation is 1. The molecule has 200 valence electrons. The number of hydrogen-bond acceptors (Lipinski definition) is 5. The Morgan fingerprint density at radius 2 is 1.84 bits per heavy atom. The topological polar surface area (TPSA) is 91.0 Å². The van der Waals surface area contributed by atoms with Gasteiger partial charge in [0, 0.05) is 11.6 Å². The number of aromatic amines is 1. The maximum absolute atomic E-state index is 13.1. The highest BCUT2D eigenvalue weighted by Crippen LogP contribution is 2.26. The van der Waals surface area contributed by atoms with E-state index in [2.05, 4.69) is 71.8 Å². The van der Waals surface area contributed by atoms with Crippen LogP contribution in [0, 0.1) is 0 Å². The third-order valence-corrected chi connectivity index (χ3v) is 8.75. The van der Waals surface area contributed by atoms with Gasteiger partial charge in [-0.3, -0.25) is 5.10 Å². The van der Waals surface area contributed by atoms with Gasteiger partial charge >= 0.3 is 0 Å². The van der Waals surface area contributed by atoms with Gasteiger partial charge in [-0.1, -0.05) is 75.4 Å². The number of nitrogens with zero attached hydrogens (tertiary/aromatic N) is 3. The van der Waals surface area contributed by atoms with Crippen LogP contribution in [0.25, 0.3) is 11.4 Å². The highest BCUT2D eigenvalue weighted by molar-refractivity contribution is 7.89. The lowest BCUT2D eigenvalue weighted by Crippen LogP contribution is -2.34. The van der Waals surface area contributed by atoms with Gasteiger partial charge in [0.25, 0.3) is 0 Å². The zero-order valence-corrected chi connectivity index (χ0v) is 23.4. The smallest absolute Gasteiger partial charge is 0.212 e. The van der Waals surface area contributed by atoms with Gasteiger partial charge in [-0.25, -0.2) is 18.1 Å². The van der Waals surface area contributed by atoms with E-state index < -0.39 is 16.1 Å². The third kappa shape index (κ3) is 7.72. The predicted octanol–water partition coefficient (Wildman–Crippen LogP) is 5.24. The number of benzene rings is 2. The van der Waals surface area contributed by atoms with Gasteiger partial charge in [-0.15, -0.1) is 0 Å². The quantitative estimate of drug-likeness (QED) is 0.359. The summed E-state index contributed by atoms with van der Waals surface area (Å²) in [5.41, 5.74) is 3.37. The van der Waals surface area contributed by atoms with E-state index in [1.165, 1.54) is 18.4 Å². The first-order valence-corrected chi connectivity index (χ1v) is 15.1. The van der Waals surface area contributed by atoms with Gasteiger partial charge in [-0.05, 0) is 68.7 Å². The van der Waals surface area contributed by atoms with Crippen molar-refractivity contribution in [3.8, 4) is 11.4 Å². The minimum absolute atomic E-state index is 0.0658. The van der Waals surface area contributed by atoms with Crippen molar-refractivity contribution in [1.82, 2.24) is 24.8 Å². The van der Waals surface area contributed by atoms with Gasteiger partial charge in [0.2, 0.25) is 10.0 Å². The van der Waals surface area contributed by atoms with Crippen LogP contribution in [0.2, 0.25) is 0 Å². The highest BCUT2D eigenvalue weighted by Gasteiger charge is 2.25. The van der Waals surface area contributed by atoms with Gasteiger partial charge < -0.3 is 4.90 Å². The molecule has 37 heavy (non-hydrogen) atoms. The fraction of sp³-hybridized carbons (Fsp3) is 0.517. The van der Waals surface area contributed by atoms with Crippen LogP contribution in [0.15, 0.2) is 54.6 Å². The molecule has 1 aliphatic heterocycles. The zero-order chi connectivity index (χ0) is 26.5. The van der Waals surface area contributed by atoms with Crippen molar-refractivity contribution in [2.45, 2.75) is 77.3 Å². The first-order chi connectivity index (χ1) is 17.6. The van der Waals surface area contributed by atoms with Crippen LogP contribution < -0.4 is 4.72 Å². The van der Waals surface area contributed by atoms with Gasteiger partial charge in [0.05, 0.1) is 11.8 Å². The molecule has 0 radical (unpaired) electrons. The standard InChI is InChI=1S/C29H41N5O2S/c1-22-10-8-19-34(22)20-9-21-37(35,36)33-26(18-13-23-11-6-5-7-12-23)28-30-27(31-32-28)24-14-16-25(17-15-24)29(2,3)4/h5-7,11-12,14-17,22,26,33H,8-10,13,18-21H2,1-4H3,(H,30,31,32)/t22?,26-/m1/s1. The number of sulfonamides is 1. The largest absolute Gasteiger partial charge is 0.301 e. The molecule has 2 atom stereocenters.